The molecule has 1 aromatic carbocycles. The second-order valence-corrected chi connectivity index (χ2v) is 6.15. The van der Waals surface area contributed by atoms with Crippen LogP contribution in [0.25, 0.3) is 0 Å². The van der Waals surface area contributed by atoms with Gasteiger partial charge in [0.25, 0.3) is 0 Å². The summed E-state index contributed by atoms with van der Waals surface area (Å²) in [5.74, 6) is 0.396. The van der Waals surface area contributed by atoms with E-state index in [1.54, 1.807) is 25.4 Å². The van der Waals surface area contributed by atoms with Crippen molar-refractivity contribution >= 4 is 5.97 Å². The molecule has 0 saturated carbocycles. The Labute approximate surface area is 141 Å². The van der Waals surface area contributed by atoms with E-state index in [1.807, 2.05) is 12.1 Å². The summed E-state index contributed by atoms with van der Waals surface area (Å²) in [5, 5.41) is 9.31. The highest BCUT2D eigenvalue weighted by molar-refractivity contribution is 5.88. The van der Waals surface area contributed by atoms with Gasteiger partial charge in [-0.2, -0.15) is 0 Å². The van der Waals surface area contributed by atoms with Crippen LogP contribution in [0.4, 0.5) is 0 Å². The van der Waals surface area contributed by atoms with Crippen LogP contribution in [-0.4, -0.2) is 41.2 Å². The topological polar surface area (TPSA) is 62.7 Å². The second kappa shape index (κ2) is 7.45. The SMILES string of the molecule is COc1cccc([C@@H]2CCCN(Cc3ncccc3C(=O)O)C2)c1. The van der Waals surface area contributed by atoms with Crippen LogP contribution in [0.5, 0.6) is 5.75 Å². The van der Waals surface area contributed by atoms with Gasteiger partial charge in [-0.25, -0.2) is 4.79 Å². The van der Waals surface area contributed by atoms with Crippen LogP contribution in [0.3, 0.4) is 0 Å². The number of hydrogen-bond acceptors (Lipinski definition) is 4. The van der Waals surface area contributed by atoms with Gasteiger partial charge in [-0.05, 0) is 55.1 Å². The molecule has 1 aromatic heterocycles. The Morgan fingerprint density at radius 1 is 1.38 bits per heavy atom. The third kappa shape index (κ3) is 3.74. The largest absolute Gasteiger partial charge is 0.497 e. The van der Waals surface area contributed by atoms with Crippen molar-refractivity contribution in [2.45, 2.75) is 25.3 Å². The summed E-state index contributed by atoms with van der Waals surface area (Å²) in [6.45, 7) is 2.45. The molecular formula is C19H22N2O3. The zero-order valence-corrected chi connectivity index (χ0v) is 13.8. The second-order valence-electron chi connectivity index (χ2n) is 6.15. The third-order valence-electron chi connectivity index (χ3n) is 4.56. The number of likely N-dealkylation sites (tertiary alicyclic amines) is 1. The van der Waals surface area contributed by atoms with Gasteiger partial charge in [0.2, 0.25) is 0 Å². The average Bonchev–Trinajstić information content (AvgIpc) is 2.62. The molecule has 0 unspecified atom stereocenters. The van der Waals surface area contributed by atoms with Crippen LogP contribution < -0.4 is 4.74 Å². The van der Waals surface area contributed by atoms with Crippen LogP contribution >= 0.6 is 0 Å². The van der Waals surface area contributed by atoms with Gasteiger partial charge in [-0.1, -0.05) is 12.1 Å². The average molecular weight is 326 g/mol. The molecule has 1 aliphatic heterocycles. The predicted octanol–water partition coefficient (Wildman–Crippen LogP) is 3.17. The first-order valence-corrected chi connectivity index (χ1v) is 8.21. The summed E-state index contributed by atoms with van der Waals surface area (Å²) in [6.07, 6.45) is 3.89. The summed E-state index contributed by atoms with van der Waals surface area (Å²) in [4.78, 5) is 17.9. The van der Waals surface area contributed by atoms with Crippen LogP contribution in [-0.2, 0) is 6.54 Å². The molecular weight excluding hydrogens is 304 g/mol. The minimum Gasteiger partial charge on any atom is -0.497 e. The number of hydrogen-bond donors (Lipinski definition) is 1. The summed E-state index contributed by atoms with van der Waals surface area (Å²) in [7, 11) is 1.68. The number of aromatic nitrogens is 1. The van der Waals surface area contributed by atoms with Crippen molar-refractivity contribution in [3.05, 3.63) is 59.4 Å². The number of carbonyl (C=O) groups is 1. The molecule has 3 rings (SSSR count). The van der Waals surface area contributed by atoms with Gasteiger partial charge in [-0.15, -0.1) is 0 Å². The lowest BCUT2D eigenvalue weighted by molar-refractivity contribution is 0.0693. The number of methoxy groups -OCH3 is 1. The minimum atomic E-state index is -0.917. The Balaban J connectivity index is 1.73. The molecule has 5 nitrogen and oxygen atoms in total. The zero-order valence-electron chi connectivity index (χ0n) is 13.8. The molecule has 1 N–H and O–H groups in total. The number of piperidine rings is 1. The summed E-state index contributed by atoms with van der Waals surface area (Å²) in [5.41, 5.74) is 2.20. The molecule has 1 saturated heterocycles. The Hall–Kier alpha value is -2.40. The lowest BCUT2D eigenvalue weighted by Gasteiger charge is -2.33. The smallest absolute Gasteiger partial charge is 0.337 e. The van der Waals surface area contributed by atoms with E-state index >= 15 is 0 Å². The highest BCUT2D eigenvalue weighted by Crippen LogP contribution is 2.29. The lowest BCUT2D eigenvalue weighted by Crippen LogP contribution is -2.34. The fraction of sp³-hybridized carbons (Fsp3) is 0.368. The van der Waals surface area contributed by atoms with Crippen molar-refractivity contribution in [3.8, 4) is 5.75 Å². The summed E-state index contributed by atoms with van der Waals surface area (Å²) >= 11 is 0. The number of carboxylic acid groups (broad SMARTS) is 1. The van der Waals surface area contributed by atoms with E-state index in [0.29, 0.717) is 23.7 Å². The molecule has 0 bridgehead atoms. The van der Waals surface area contributed by atoms with Gasteiger partial charge in [0, 0.05) is 19.3 Å². The molecule has 0 radical (unpaired) electrons. The summed E-state index contributed by atoms with van der Waals surface area (Å²) in [6, 6.07) is 11.5. The van der Waals surface area contributed by atoms with Crippen LogP contribution in [0.15, 0.2) is 42.6 Å². The van der Waals surface area contributed by atoms with Crippen molar-refractivity contribution < 1.29 is 14.6 Å². The fourth-order valence-electron chi connectivity index (χ4n) is 3.34. The van der Waals surface area contributed by atoms with Gasteiger partial charge in [0.1, 0.15) is 5.75 Å². The summed E-state index contributed by atoms with van der Waals surface area (Å²) < 4.78 is 5.32. The fourth-order valence-corrected chi connectivity index (χ4v) is 3.34. The molecule has 0 spiro atoms. The Bertz CT molecular complexity index is 717. The van der Waals surface area contributed by atoms with Crippen LogP contribution in [0, 0.1) is 0 Å². The number of pyridine rings is 1. The van der Waals surface area contributed by atoms with Gasteiger partial charge < -0.3 is 9.84 Å². The van der Waals surface area contributed by atoms with E-state index in [4.69, 9.17) is 4.74 Å². The number of carboxylic acids is 1. The molecule has 2 heterocycles. The van der Waals surface area contributed by atoms with Gasteiger partial charge >= 0.3 is 5.97 Å². The number of ether oxygens (including phenoxy) is 1. The molecule has 0 amide bonds. The van der Waals surface area contributed by atoms with E-state index in [9.17, 15) is 9.90 Å². The number of rotatable bonds is 5. The van der Waals surface area contributed by atoms with E-state index < -0.39 is 5.97 Å². The van der Waals surface area contributed by atoms with Crippen molar-refractivity contribution in [1.29, 1.82) is 0 Å². The van der Waals surface area contributed by atoms with Gasteiger partial charge in [0.15, 0.2) is 0 Å². The standard InChI is InChI=1S/C19H22N2O3/c1-24-16-7-2-5-14(11-16)15-6-4-10-21(12-15)13-18-17(19(22)23)8-3-9-20-18/h2-3,5,7-9,11,15H,4,6,10,12-13H2,1H3,(H,22,23)/t15-/m1/s1. The zero-order chi connectivity index (χ0) is 16.9. The molecule has 24 heavy (non-hydrogen) atoms. The number of benzene rings is 1. The molecule has 1 atom stereocenters. The quantitative estimate of drug-likeness (QED) is 0.914. The molecule has 1 fully saturated rings. The molecule has 126 valence electrons. The van der Waals surface area contributed by atoms with E-state index in [1.165, 1.54) is 5.56 Å². The van der Waals surface area contributed by atoms with Crippen molar-refractivity contribution in [2.24, 2.45) is 0 Å². The first-order chi connectivity index (χ1) is 11.7. The van der Waals surface area contributed by atoms with Crippen LogP contribution in [0.2, 0.25) is 0 Å². The number of nitrogens with zero attached hydrogens (tertiary/aromatic N) is 2. The van der Waals surface area contributed by atoms with Gasteiger partial charge in [-0.3, -0.25) is 9.88 Å². The third-order valence-corrected chi connectivity index (χ3v) is 4.56. The normalized spacial score (nSPS) is 18.3. The Morgan fingerprint density at radius 3 is 3.04 bits per heavy atom. The molecule has 1 aliphatic rings. The first-order valence-electron chi connectivity index (χ1n) is 8.21. The van der Waals surface area contributed by atoms with Crippen LogP contribution in [0.1, 0.15) is 40.4 Å². The monoisotopic (exact) mass is 326 g/mol. The van der Waals surface area contributed by atoms with Crippen molar-refractivity contribution in [3.63, 3.8) is 0 Å². The Kier molecular flexibility index (Phi) is 5.11. The highest BCUT2D eigenvalue weighted by atomic mass is 16.5. The lowest BCUT2D eigenvalue weighted by atomic mass is 9.90. The number of aromatic carboxylic acids is 1. The van der Waals surface area contributed by atoms with Gasteiger partial charge in [0.05, 0.1) is 18.4 Å². The van der Waals surface area contributed by atoms with E-state index in [0.717, 1.165) is 31.7 Å². The first kappa shape index (κ1) is 16.5. The predicted molar refractivity (Wildman–Crippen MR) is 91.4 cm³/mol. The molecule has 2 aromatic rings. The Morgan fingerprint density at radius 2 is 2.25 bits per heavy atom. The highest BCUT2D eigenvalue weighted by Gasteiger charge is 2.23. The van der Waals surface area contributed by atoms with Crippen molar-refractivity contribution in [2.75, 3.05) is 20.2 Å². The van der Waals surface area contributed by atoms with E-state index in [-0.39, 0.29) is 0 Å². The minimum absolute atomic E-state index is 0.293. The maximum absolute atomic E-state index is 11.3. The molecule has 0 aliphatic carbocycles. The maximum atomic E-state index is 11.3. The van der Waals surface area contributed by atoms with E-state index in [2.05, 4.69) is 22.0 Å². The van der Waals surface area contributed by atoms with Crippen molar-refractivity contribution in [1.82, 2.24) is 9.88 Å². The molecule has 5 heteroatoms. The maximum Gasteiger partial charge on any atom is 0.337 e.